The van der Waals surface area contributed by atoms with E-state index in [1.807, 2.05) is 0 Å². The fourth-order valence-electron chi connectivity index (χ4n) is 2.22. The molecule has 2 aromatic heterocycles. The number of aromatic nitrogens is 2. The first-order valence-electron chi connectivity index (χ1n) is 6.82. The zero-order valence-corrected chi connectivity index (χ0v) is 14.3. The molecule has 3 rings (SSSR count). The molecule has 0 saturated carbocycles. The van der Waals surface area contributed by atoms with Gasteiger partial charge in [0.2, 0.25) is 0 Å². The highest BCUT2D eigenvalue weighted by Crippen LogP contribution is 2.30. The number of carbonyl (C=O) groups excluding carboxylic acids is 1. The van der Waals surface area contributed by atoms with E-state index in [4.69, 9.17) is 34.8 Å². The number of aromatic hydroxyl groups is 1. The van der Waals surface area contributed by atoms with E-state index in [9.17, 15) is 9.90 Å². The second-order valence-electron chi connectivity index (χ2n) is 4.96. The van der Waals surface area contributed by atoms with Gasteiger partial charge in [0.15, 0.2) is 11.4 Å². The number of nitrogens with zero attached hydrogens (tertiary/aromatic N) is 2. The van der Waals surface area contributed by atoms with Gasteiger partial charge in [-0.3, -0.25) is 9.78 Å². The molecule has 3 aromatic rings. The van der Waals surface area contributed by atoms with Crippen molar-refractivity contribution < 1.29 is 9.90 Å². The van der Waals surface area contributed by atoms with Crippen molar-refractivity contribution in [2.45, 2.75) is 6.54 Å². The van der Waals surface area contributed by atoms with Gasteiger partial charge in [0, 0.05) is 28.2 Å². The summed E-state index contributed by atoms with van der Waals surface area (Å²) in [7, 11) is 0. The van der Waals surface area contributed by atoms with Crippen LogP contribution in [-0.2, 0) is 6.54 Å². The first kappa shape index (κ1) is 16.8. The molecule has 0 bridgehead atoms. The second-order valence-corrected chi connectivity index (χ2v) is 6.19. The SMILES string of the molecule is O=C(NCc1cc(Cl)cc(Cl)c1)c1nc(Cl)c2cccnc2c1O. The first-order chi connectivity index (χ1) is 11.5. The first-order valence-corrected chi connectivity index (χ1v) is 7.95. The minimum Gasteiger partial charge on any atom is -0.504 e. The Balaban J connectivity index is 1.87. The molecule has 0 aliphatic heterocycles. The molecule has 1 aromatic carbocycles. The normalized spacial score (nSPS) is 10.8. The maximum Gasteiger partial charge on any atom is 0.274 e. The topological polar surface area (TPSA) is 75.1 Å². The predicted molar refractivity (Wildman–Crippen MR) is 93.8 cm³/mol. The van der Waals surface area contributed by atoms with Gasteiger partial charge in [-0.1, -0.05) is 34.8 Å². The molecule has 1 amide bonds. The Kier molecular flexibility index (Phi) is 4.76. The zero-order valence-electron chi connectivity index (χ0n) is 12.1. The van der Waals surface area contributed by atoms with Crippen molar-refractivity contribution in [2.24, 2.45) is 0 Å². The predicted octanol–water partition coefficient (Wildman–Crippen LogP) is 4.23. The van der Waals surface area contributed by atoms with E-state index in [0.29, 0.717) is 21.0 Å². The summed E-state index contributed by atoms with van der Waals surface area (Å²) < 4.78 is 0. The lowest BCUT2D eigenvalue weighted by molar-refractivity contribution is 0.0943. The van der Waals surface area contributed by atoms with E-state index in [0.717, 1.165) is 0 Å². The van der Waals surface area contributed by atoms with Crippen molar-refractivity contribution in [1.82, 2.24) is 15.3 Å². The number of pyridine rings is 2. The summed E-state index contributed by atoms with van der Waals surface area (Å²) >= 11 is 17.9. The van der Waals surface area contributed by atoms with Gasteiger partial charge >= 0.3 is 0 Å². The molecule has 8 heteroatoms. The van der Waals surface area contributed by atoms with Crippen LogP contribution in [0.4, 0.5) is 0 Å². The highest BCUT2D eigenvalue weighted by Gasteiger charge is 2.19. The molecule has 122 valence electrons. The number of benzene rings is 1. The van der Waals surface area contributed by atoms with Crippen LogP contribution in [0.15, 0.2) is 36.5 Å². The van der Waals surface area contributed by atoms with Gasteiger partial charge in [0.25, 0.3) is 5.91 Å². The summed E-state index contributed by atoms with van der Waals surface area (Å²) in [6.45, 7) is 0.165. The van der Waals surface area contributed by atoms with Gasteiger partial charge in [-0.25, -0.2) is 4.98 Å². The Morgan fingerprint density at radius 2 is 1.88 bits per heavy atom. The number of fused-ring (bicyclic) bond motifs is 1. The quantitative estimate of drug-likeness (QED) is 0.665. The van der Waals surface area contributed by atoms with Crippen molar-refractivity contribution in [3.05, 3.63) is 63.0 Å². The van der Waals surface area contributed by atoms with Gasteiger partial charge in [0.05, 0.1) is 0 Å². The Morgan fingerprint density at radius 3 is 2.58 bits per heavy atom. The van der Waals surface area contributed by atoms with E-state index >= 15 is 0 Å². The third kappa shape index (κ3) is 3.38. The minimum atomic E-state index is -0.585. The summed E-state index contributed by atoms with van der Waals surface area (Å²) in [6, 6.07) is 8.27. The van der Waals surface area contributed by atoms with Gasteiger partial charge in [-0.2, -0.15) is 0 Å². The summed E-state index contributed by atoms with van der Waals surface area (Å²) in [5.41, 5.74) is 0.734. The lowest BCUT2D eigenvalue weighted by atomic mass is 10.2. The average molecular weight is 383 g/mol. The lowest BCUT2D eigenvalue weighted by Gasteiger charge is -2.09. The molecular formula is C16H10Cl3N3O2. The third-order valence-electron chi connectivity index (χ3n) is 3.28. The molecule has 0 aliphatic carbocycles. The molecular weight excluding hydrogens is 373 g/mol. The lowest BCUT2D eigenvalue weighted by Crippen LogP contribution is -2.24. The monoisotopic (exact) mass is 381 g/mol. The Morgan fingerprint density at radius 1 is 1.17 bits per heavy atom. The molecule has 24 heavy (non-hydrogen) atoms. The van der Waals surface area contributed by atoms with Crippen LogP contribution in [0.3, 0.4) is 0 Å². The summed E-state index contributed by atoms with van der Waals surface area (Å²) in [6.07, 6.45) is 1.49. The van der Waals surface area contributed by atoms with E-state index < -0.39 is 5.91 Å². The number of hydrogen-bond acceptors (Lipinski definition) is 4. The molecule has 0 radical (unpaired) electrons. The molecule has 0 saturated heterocycles. The standard InChI is InChI=1S/C16H10Cl3N3O2/c17-9-4-8(5-10(18)6-9)7-21-16(24)13-14(23)12-11(15(19)22-13)2-1-3-20-12/h1-6,23H,7H2,(H,21,24). The fraction of sp³-hybridized carbons (Fsp3) is 0.0625. The van der Waals surface area contributed by atoms with Crippen LogP contribution in [0.2, 0.25) is 15.2 Å². The largest absolute Gasteiger partial charge is 0.504 e. The van der Waals surface area contributed by atoms with E-state index in [1.54, 1.807) is 30.3 Å². The van der Waals surface area contributed by atoms with E-state index in [-0.39, 0.29) is 28.7 Å². The van der Waals surface area contributed by atoms with Crippen LogP contribution in [-0.4, -0.2) is 21.0 Å². The van der Waals surface area contributed by atoms with Crippen LogP contribution in [0.25, 0.3) is 10.9 Å². The molecule has 5 nitrogen and oxygen atoms in total. The Hall–Kier alpha value is -2.08. The molecule has 2 N–H and O–H groups in total. The zero-order chi connectivity index (χ0) is 17.3. The van der Waals surface area contributed by atoms with Crippen molar-refractivity contribution >= 4 is 51.6 Å². The maximum absolute atomic E-state index is 12.3. The van der Waals surface area contributed by atoms with Gasteiger partial charge < -0.3 is 10.4 Å². The van der Waals surface area contributed by atoms with E-state index in [2.05, 4.69) is 15.3 Å². The van der Waals surface area contributed by atoms with Crippen LogP contribution in [0, 0.1) is 0 Å². The molecule has 0 spiro atoms. The maximum atomic E-state index is 12.3. The average Bonchev–Trinajstić information content (AvgIpc) is 2.55. The summed E-state index contributed by atoms with van der Waals surface area (Å²) in [5, 5.41) is 14.4. The van der Waals surface area contributed by atoms with Crippen LogP contribution < -0.4 is 5.32 Å². The highest BCUT2D eigenvalue weighted by molar-refractivity contribution is 6.35. The molecule has 0 fully saturated rings. The van der Waals surface area contributed by atoms with Crippen molar-refractivity contribution in [3.8, 4) is 5.75 Å². The number of hydrogen-bond donors (Lipinski definition) is 2. The van der Waals surface area contributed by atoms with Gasteiger partial charge in [0.1, 0.15) is 10.7 Å². The van der Waals surface area contributed by atoms with Crippen molar-refractivity contribution in [1.29, 1.82) is 0 Å². The molecule has 2 heterocycles. The van der Waals surface area contributed by atoms with Crippen LogP contribution >= 0.6 is 34.8 Å². The fourth-order valence-corrected chi connectivity index (χ4v) is 3.03. The van der Waals surface area contributed by atoms with Crippen molar-refractivity contribution in [2.75, 3.05) is 0 Å². The number of rotatable bonds is 3. The number of carbonyl (C=O) groups is 1. The number of amides is 1. The Labute approximate surface area is 152 Å². The van der Waals surface area contributed by atoms with Crippen LogP contribution in [0.5, 0.6) is 5.75 Å². The van der Waals surface area contributed by atoms with Crippen molar-refractivity contribution in [3.63, 3.8) is 0 Å². The smallest absolute Gasteiger partial charge is 0.274 e. The summed E-state index contributed by atoms with van der Waals surface area (Å²) in [5.74, 6) is -0.908. The van der Waals surface area contributed by atoms with Gasteiger partial charge in [-0.15, -0.1) is 0 Å². The summed E-state index contributed by atoms with van der Waals surface area (Å²) in [4.78, 5) is 20.3. The van der Waals surface area contributed by atoms with E-state index in [1.165, 1.54) is 6.20 Å². The molecule has 0 aliphatic rings. The number of halogens is 3. The highest BCUT2D eigenvalue weighted by atomic mass is 35.5. The third-order valence-corrected chi connectivity index (χ3v) is 4.00. The molecule has 0 atom stereocenters. The minimum absolute atomic E-state index is 0.0897. The number of nitrogens with one attached hydrogen (secondary N) is 1. The van der Waals surface area contributed by atoms with Gasteiger partial charge in [-0.05, 0) is 35.9 Å². The Bertz CT molecular complexity index is 927. The van der Waals surface area contributed by atoms with Crippen LogP contribution in [0.1, 0.15) is 16.1 Å². The second kappa shape index (κ2) is 6.81. The molecule has 0 unspecified atom stereocenters.